The minimum absolute atomic E-state index is 0.0950. The molecule has 0 spiro atoms. The first kappa shape index (κ1) is 16.2. The van der Waals surface area contributed by atoms with Crippen molar-refractivity contribution in [2.75, 3.05) is 6.61 Å². The van der Waals surface area contributed by atoms with E-state index in [-0.39, 0.29) is 42.1 Å². The lowest BCUT2D eigenvalue weighted by atomic mass is 9.59. The summed E-state index contributed by atoms with van der Waals surface area (Å²) >= 11 is 0. The molecule has 25 heavy (non-hydrogen) atoms. The fourth-order valence-corrected chi connectivity index (χ4v) is 4.08. The number of benzene rings is 1. The fraction of sp³-hybridized carbons (Fsp3) is 0.556. The Kier molecular flexibility index (Phi) is 3.83. The molecule has 7 heteroatoms. The van der Waals surface area contributed by atoms with Gasteiger partial charge in [0.25, 0.3) is 5.56 Å². The minimum Gasteiger partial charge on any atom is -0.461 e. The molecule has 0 radical (unpaired) electrons. The number of nitrogens with zero attached hydrogens (tertiary/aromatic N) is 3. The van der Waals surface area contributed by atoms with Crippen molar-refractivity contribution in [3.05, 3.63) is 34.6 Å². The smallest absolute Gasteiger partial charge is 0.307 e. The maximum absolute atomic E-state index is 12.4. The highest BCUT2D eigenvalue weighted by atomic mass is 16.6. The first-order valence-electron chi connectivity index (χ1n) is 8.62. The number of ether oxygens (including phenoxy) is 2. The van der Waals surface area contributed by atoms with Crippen molar-refractivity contribution < 1.29 is 14.3 Å². The lowest BCUT2D eigenvalue weighted by molar-refractivity contribution is -0.210. The van der Waals surface area contributed by atoms with Crippen LogP contribution >= 0.6 is 0 Å². The van der Waals surface area contributed by atoms with Crippen LogP contribution in [0, 0.1) is 11.3 Å². The van der Waals surface area contributed by atoms with Gasteiger partial charge in [0, 0.05) is 17.9 Å². The molecule has 2 fully saturated rings. The Hall–Kier alpha value is -2.28. The van der Waals surface area contributed by atoms with Gasteiger partial charge in [0.1, 0.15) is 11.6 Å². The number of hydrogen-bond acceptors (Lipinski definition) is 6. The Morgan fingerprint density at radius 2 is 2.20 bits per heavy atom. The number of carbonyl (C=O) groups is 1. The van der Waals surface area contributed by atoms with E-state index in [1.807, 2.05) is 0 Å². The number of hydrogen-bond donors (Lipinski definition) is 0. The standard InChI is InChI=1S/C18H21N3O4/c1-18(2)15-12(8-10-24-15)16(18)25-14(22)7-9-21-17(23)11-5-3-4-6-13(11)19-20-21/h3-6,12,15-16H,7-10H2,1-2H3. The van der Waals surface area contributed by atoms with Gasteiger partial charge in [-0.3, -0.25) is 9.59 Å². The number of aromatic nitrogens is 3. The average Bonchev–Trinajstić information content (AvgIpc) is 3.06. The fourth-order valence-electron chi connectivity index (χ4n) is 4.08. The Labute approximate surface area is 144 Å². The van der Waals surface area contributed by atoms with Gasteiger partial charge in [-0.1, -0.05) is 31.2 Å². The average molecular weight is 343 g/mol. The van der Waals surface area contributed by atoms with E-state index in [4.69, 9.17) is 9.47 Å². The number of rotatable bonds is 4. The summed E-state index contributed by atoms with van der Waals surface area (Å²) in [6.45, 7) is 5.02. The lowest BCUT2D eigenvalue weighted by Gasteiger charge is -2.53. The normalized spacial score (nSPS) is 26.9. The van der Waals surface area contributed by atoms with E-state index < -0.39 is 0 Å². The third-order valence-corrected chi connectivity index (χ3v) is 5.41. The van der Waals surface area contributed by atoms with Crippen molar-refractivity contribution in [1.29, 1.82) is 0 Å². The van der Waals surface area contributed by atoms with Crippen molar-refractivity contribution in [3.63, 3.8) is 0 Å². The molecule has 1 saturated heterocycles. The zero-order valence-electron chi connectivity index (χ0n) is 14.3. The first-order valence-corrected chi connectivity index (χ1v) is 8.62. The van der Waals surface area contributed by atoms with E-state index in [9.17, 15) is 9.59 Å². The lowest BCUT2D eigenvalue weighted by Crippen LogP contribution is -2.61. The largest absolute Gasteiger partial charge is 0.461 e. The monoisotopic (exact) mass is 343 g/mol. The second kappa shape index (κ2) is 5.91. The molecule has 0 amide bonds. The van der Waals surface area contributed by atoms with Gasteiger partial charge in [0.15, 0.2) is 0 Å². The Balaban J connectivity index is 1.41. The topological polar surface area (TPSA) is 83.3 Å². The molecule has 1 aromatic heterocycles. The SMILES string of the molecule is CC1(C)C2OCCC2C1OC(=O)CCn1nnc2ccccc2c1=O. The number of esters is 1. The Bertz CT molecular complexity index is 876. The predicted octanol–water partition coefficient (Wildman–Crippen LogP) is 1.54. The highest BCUT2D eigenvalue weighted by Crippen LogP contribution is 2.53. The Morgan fingerprint density at radius 3 is 3.04 bits per heavy atom. The quantitative estimate of drug-likeness (QED) is 0.783. The van der Waals surface area contributed by atoms with Gasteiger partial charge in [-0.05, 0) is 18.6 Å². The summed E-state index contributed by atoms with van der Waals surface area (Å²) in [5, 5.41) is 8.42. The molecule has 1 aromatic carbocycles. The molecule has 2 heterocycles. The van der Waals surface area contributed by atoms with Crippen LogP contribution in [-0.2, 0) is 20.8 Å². The van der Waals surface area contributed by atoms with Gasteiger partial charge < -0.3 is 9.47 Å². The Morgan fingerprint density at radius 1 is 1.40 bits per heavy atom. The zero-order valence-corrected chi connectivity index (χ0v) is 14.3. The molecule has 2 aliphatic rings. The summed E-state index contributed by atoms with van der Waals surface area (Å²) in [6, 6.07) is 7.03. The van der Waals surface area contributed by atoms with E-state index in [2.05, 4.69) is 24.2 Å². The zero-order chi connectivity index (χ0) is 17.6. The maximum atomic E-state index is 12.4. The predicted molar refractivity (Wildman–Crippen MR) is 89.9 cm³/mol. The molecule has 1 aliphatic carbocycles. The summed E-state index contributed by atoms with van der Waals surface area (Å²) in [6.07, 6.45) is 1.09. The molecule has 4 rings (SSSR count). The molecule has 2 aromatic rings. The third kappa shape index (κ3) is 2.63. The van der Waals surface area contributed by atoms with Crippen molar-refractivity contribution in [2.24, 2.45) is 11.3 Å². The van der Waals surface area contributed by atoms with E-state index in [0.29, 0.717) is 16.8 Å². The number of carbonyl (C=O) groups excluding carboxylic acids is 1. The van der Waals surface area contributed by atoms with Gasteiger partial charge in [-0.15, -0.1) is 5.10 Å². The summed E-state index contributed by atoms with van der Waals surface area (Å²) in [7, 11) is 0. The molecule has 0 N–H and O–H groups in total. The van der Waals surface area contributed by atoms with Crippen molar-refractivity contribution >= 4 is 16.9 Å². The molecule has 1 aliphatic heterocycles. The molecule has 132 valence electrons. The number of fused-ring (bicyclic) bond motifs is 2. The van der Waals surface area contributed by atoms with Gasteiger partial charge in [0.05, 0.1) is 24.5 Å². The molecule has 7 nitrogen and oxygen atoms in total. The van der Waals surface area contributed by atoms with E-state index in [1.54, 1.807) is 24.3 Å². The third-order valence-electron chi connectivity index (χ3n) is 5.41. The van der Waals surface area contributed by atoms with Crippen LogP contribution in [0.2, 0.25) is 0 Å². The van der Waals surface area contributed by atoms with Crippen LogP contribution in [-0.4, -0.2) is 39.8 Å². The molecule has 0 bridgehead atoms. The maximum Gasteiger partial charge on any atom is 0.307 e. The highest BCUT2D eigenvalue weighted by molar-refractivity contribution is 5.76. The van der Waals surface area contributed by atoms with Crippen molar-refractivity contribution in [1.82, 2.24) is 15.0 Å². The summed E-state index contributed by atoms with van der Waals surface area (Å²) < 4.78 is 12.6. The van der Waals surface area contributed by atoms with Crippen LogP contribution in [0.1, 0.15) is 26.7 Å². The van der Waals surface area contributed by atoms with Crippen molar-refractivity contribution in [3.8, 4) is 0 Å². The summed E-state index contributed by atoms with van der Waals surface area (Å²) in [5.41, 5.74) is 0.151. The molecular weight excluding hydrogens is 322 g/mol. The van der Waals surface area contributed by atoms with Gasteiger partial charge in [-0.2, -0.15) is 0 Å². The van der Waals surface area contributed by atoms with E-state index in [0.717, 1.165) is 13.0 Å². The second-order valence-electron chi connectivity index (χ2n) is 7.36. The van der Waals surface area contributed by atoms with Crippen LogP contribution in [0.4, 0.5) is 0 Å². The van der Waals surface area contributed by atoms with E-state index in [1.165, 1.54) is 4.68 Å². The van der Waals surface area contributed by atoms with Crippen LogP contribution in [0.3, 0.4) is 0 Å². The van der Waals surface area contributed by atoms with Crippen LogP contribution in [0.25, 0.3) is 10.9 Å². The molecule has 3 atom stereocenters. The second-order valence-corrected chi connectivity index (χ2v) is 7.36. The summed E-state index contributed by atoms with van der Waals surface area (Å²) in [4.78, 5) is 24.6. The molecule has 1 saturated carbocycles. The number of aryl methyl sites for hydroxylation is 1. The van der Waals surface area contributed by atoms with Gasteiger partial charge >= 0.3 is 5.97 Å². The van der Waals surface area contributed by atoms with Crippen LogP contribution in [0.5, 0.6) is 0 Å². The molecule has 3 unspecified atom stereocenters. The van der Waals surface area contributed by atoms with Crippen LogP contribution in [0.15, 0.2) is 29.1 Å². The molecular formula is C18H21N3O4. The summed E-state index contributed by atoms with van der Waals surface area (Å²) in [5.74, 6) is -0.0209. The van der Waals surface area contributed by atoms with E-state index >= 15 is 0 Å². The van der Waals surface area contributed by atoms with Crippen molar-refractivity contribution in [2.45, 2.75) is 45.4 Å². The van der Waals surface area contributed by atoms with Gasteiger partial charge in [0.2, 0.25) is 0 Å². The first-order chi connectivity index (χ1) is 12.0. The minimum atomic E-state index is -0.315. The highest BCUT2D eigenvalue weighted by Gasteiger charge is 2.61. The van der Waals surface area contributed by atoms with Crippen LogP contribution < -0.4 is 5.56 Å². The van der Waals surface area contributed by atoms with Gasteiger partial charge in [-0.25, -0.2) is 4.68 Å².